The highest BCUT2D eigenvalue weighted by atomic mass is 16.5. The van der Waals surface area contributed by atoms with E-state index in [0.717, 1.165) is 12.8 Å². The summed E-state index contributed by atoms with van der Waals surface area (Å²) in [5.41, 5.74) is 1.17. The Balaban J connectivity index is 2.41. The molecule has 0 heterocycles. The van der Waals surface area contributed by atoms with Crippen molar-refractivity contribution in [1.82, 2.24) is 0 Å². The third-order valence-corrected chi connectivity index (χ3v) is 3.22. The van der Waals surface area contributed by atoms with Crippen LogP contribution in [0.15, 0.2) is 30.3 Å². The number of rotatable bonds is 5. The van der Waals surface area contributed by atoms with Crippen molar-refractivity contribution in [2.45, 2.75) is 40.5 Å². The SMILES string of the molecule is CCC(C(=O)OCCc1ccccc1)C(C)(C)C. The van der Waals surface area contributed by atoms with Gasteiger partial charge in [0.2, 0.25) is 0 Å². The minimum absolute atomic E-state index is 0.0201. The molecule has 0 saturated carbocycles. The summed E-state index contributed by atoms with van der Waals surface area (Å²) >= 11 is 0. The second kappa shape index (κ2) is 6.58. The molecule has 0 amide bonds. The van der Waals surface area contributed by atoms with Crippen molar-refractivity contribution in [2.75, 3.05) is 6.61 Å². The van der Waals surface area contributed by atoms with Crippen LogP contribution in [0.2, 0.25) is 0 Å². The average Bonchev–Trinajstić information content (AvgIpc) is 2.29. The van der Waals surface area contributed by atoms with E-state index in [1.807, 2.05) is 25.1 Å². The predicted octanol–water partition coefficient (Wildman–Crippen LogP) is 3.84. The Hall–Kier alpha value is -1.31. The number of carbonyl (C=O) groups is 1. The molecule has 0 fully saturated rings. The van der Waals surface area contributed by atoms with Crippen molar-refractivity contribution in [1.29, 1.82) is 0 Å². The molecule has 1 rings (SSSR count). The Morgan fingerprint density at radius 1 is 1.22 bits per heavy atom. The van der Waals surface area contributed by atoms with Crippen LogP contribution in [0, 0.1) is 11.3 Å². The van der Waals surface area contributed by atoms with Crippen molar-refractivity contribution in [3.8, 4) is 0 Å². The molecular weight excluding hydrogens is 224 g/mol. The molecule has 1 unspecified atom stereocenters. The first-order valence-electron chi connectivity index (χ1n) is 6.65. The first-order chi connectivity index (χ1) is 8.45. The number of ether oxygens (including phenoxy) is 1. The molecular formula is C16H24O2. The summed E-state index contributed by atoms with van der Waals surface area (Å²) in [4.78, 5) is 12.0. The molecule has 2 nitrogen and oxygen atoms in total. The Morgan fingerprint density at radius 2 is 1.83 bits per heavy atom. The van der Waals surface area contributed by atoms with Crippen molar-refractivity contribution in [3.05, 3.63) is 35.9 Å². The van der Waals surface area contributed by atoms with Gasteiger partial charge in [-0.2, -0.15) is 0 Å². The maximum atomic E-state index is 12.0. The summed E-state index contributed by atoms with van der Waals surface area (Å²) in [6.45, 7) is 8.75. The minimum Gasteiger partial charge on any atom is -0.465 e. The van der Waals surface area contributed by atoms with E-state index in [2.05, 4.69) is 32.9 Å². The molecule has 0 bridgehead atoms. The fourth-order valence-electron chi connectivity index (χ4n) is 2.15. The minimum atomic E-state index is -0.0686. The van der Waals surface area contributed by atoms with Crippen LogP contribution < -0.4 is 0 Å². The van der Waals surface area contributed by atoms with E-state index in [1.54, 1.807) is 0 Å². The van der Waals surface area contributed by atoms with Gasteiger partial charge in [-0.3, -0.25) is 4.79 Å². The molecule has 100 valence electrons. The molecule has 1 aromatic carbocycles. The third kappa shape index (κ3) is 4.52. The molecule has 0 N–H and O–H groups in total. The quantitative estimate of drug-likeness (QED) is 0.740. The van der Waals surface area contributed by atoms with Gasteiger partial charge in [-0.25, -0.2) is 0 Å². The van der Waals surface area contributed by atoms with Gasteiger partial charge >= 0.3 is 5.97 Å². The molecule has 0 spiro atoms. The molecule has 2 heteroatoms. The zero-order valence-electron chi connectivity index (χ0n) is 11.9. The lowest BCUT2D eigenvalue weighted by molar-refractivity contribution is -0.152. The summed E-state index contributed by atoms with van der Waals surface area (Å²) < 4.78 is 5.39. The molecule has 1 aromatic rings. The van der Waals surface area contributed by atoms with Crippen LogP contribution in [0.25, 0.3) is 0 Å². The van der Waals surface area contributed by atoms with E-state index in [1.165, 1.54) is 5.56 Å². The molecule has 0 saturated heterocycles. The zero-order valence-corrected chi connectivity index (χ0v) is 11.9. The average molecular weight is 248 g/mol. The normalized spacial score (nSPS) is 13.1. The molecule has 0 radical (unpaired) electrons. The summed E-state index contributed by atoms with van der Waals surface area (Å²) in [5.74, 6) is -0.0887. The smallest absolute Gasteiger partial charge is 0.309 e. The third-order valence-electron chi connectivity index (χ3n) is 3.22. The maximum Gasteiger partial charge on any atom is 0.309 e. The number of esters is 1. The fourth-order valence-corrected chi connectivity index (χ4v) is 2.15. The van der Waals surface area contributed by atoms with E-state index < -0.39 is 0 Å². The first kappa shape index (κ1) is 14.7. The van der Waals surface area contributed by atoms with E-state index in [4.69, 9.17) is 4.74 Å². The van der Waals surface area contributed by atoms with Gasteiger partial charge in [0.25, 0.3) is 0 Å². The summed E-state index contributed by atoms with van der Waals surface area (Å²) in [7, 11) is 0. The van der Waals surface area contributed by atoms with E-state index in [-0.39, 0.29) is 17.3 Å². The van der Waals surface area contributed by atoms with Crippen LogP contribution in [0.1, 0.15) is 39.7 Å². The Kier molecular flexibility index (Phi) is 5.39. The molecule has 18 heavy (non-hydrogen) atoms. The predicted molar refractivity (Wildman–Crippen MR) is 74.3 cm³/mol. The van der Waals surface area contributed by atoms with Gasteiger partial charge in [0, 0.05) is 6.42 Å². The van der Waals surface area contributed by atoms with Crippen molar-refractivity contribution in [3.63, 3.8) is 0 Å². The molecule has 0 aliphatic rings. The van der Waals surface area contributed by atoms with Gasteiger partial charge < -0.3 is 4.74 Å². The lowest BCUT2D eigenvalue weighted by Gasteiger charge is -2.27. The van der Waals surface area contributed by atoms with Crippen LogP contribution in [-0.2, 0) is 16.0 Å². The van der Waals surface area contributed by atoms with Crippen molar-refractivity contribution in [2.24, 2.45) is 11.3 Å². The van der Waals surface area contributed by atoms with Gasteiger partial charge in [-0.05, 0) is 17.4 Å². The Labute approximate surface area is 110 Å². The second-order valence-corrected chi connectivity index (χ2v) is 5.73. The Bertz CT molecular complexity index is 362. The molecule has 1 atom stereocenters. The maximum absolute atomic E-state index is 12.0. The van der Waals surface area contributed by atoms with Crippen molar-refractivity contribution < 1.29 is 9.53 Å². The van der Waals surface area contributed by atoms with Crippen LogP contribution in [0.5, 0.6) is 0 Å². The molecule has 0 aliphatic carbocycles. The van der Waals surface area contributed by atoms with Crippen LogP contribution >= 0.6 is 0 Å². The first-order valence-corrected chi connectivity index (χ1v) is 6.65. The van der Waals surface area contributed by atoms with E-state index >= 15 is 0 Å². The highest BCUT2D eigenvalue weighted by Crippen LogP contribution is 2.29. The summed E-state index contributed by atoms with van der Waals surface area (Å²) in [5, 5.41) is 0. The van der Waals surface area contributed by atoms with Gasteiger partial charge in [0.15, 0.2) is 0 Å². The number of carbonyl (C=O) groups excluding carboxylic acids is 1. The molecule has 0 aliphatic heterocycles. The summed E-state index contributed by atoms with van der Waals surface area (Å²) in [6.07, 6.45) is 1.61. The van der Waals surface area contributed by atoms with Crippen LogP contribution in [0.4, 0.5) is 0 Å². The fraction of sp³-hybridized carbons (Fsp3) is 0.562. The van der Waals surface area contributed by atoms with Crippen molar-refractivity contribution >= 4 is 5.97 Å². The van der Waals surface area contributed by atoms with Crippen LogP contribution in [0.3, 0.4) is 0 Å². The highest BCUT2D eigenvalue weighted by Gasteiger charge is 2.30. The lowest BCUT2D eigenvalue weighted by Crippen LogP contribution is -2.30. The van der Waals surface area contributed by atoms with Gasteiger partial charge in [0.1, 0.15) is 0 Å². The van der Waals surface area contributed by atoms with E-state index in [9.17, 15) is 4.79 Å². The van der Waals surface area contributed by atoms with E-state index in [0.29, 0.717) is 6.61 Å². The second-order valence-electron chi connectivity index (χ2n) is 5.73. The number of hydrogen-bond donors (Lipinski definition) is 0. The highest BCUT2D eigenvalue weighted by molar-refractivity contribution is 5.73. The van der Waals surface area contributed by atoms with Gasteiger partial charge in [-0.15, -0.1) is 0 Å². The number of benzene rings is 1. The largest absolute Gasteiger partial charge is 0.465 e. The monoisotopic (exact) mass is 248 g/mol. The standard InChI is InChI=1S/C16H24O2/c1-5-14(16(2,3)4)15(17)18-12-11-13-9-7-6-8-10-13/h6-10,14H,5,11-12H2,1-4H3. The number of hydrogen-bond acceptors (Lipinski definition) is 2. The Morgan fingerprint density at radius 3 is 2.33 bits per heavy atom. The topological polar surface area (TPSA) is 26.3 Å². The van der Waals surface area contributed by atoms with Gasteiger partial charge in [0.05, 0.1) is 12.5 Å². The zero-order chi connectivity index (χ0) is 13.6. The lowest BCUT2D eigenvalue weighted by atomic mass is 9.79. The molecule has 0 aromatic heterocycles. The van der Waals surface area contributed by atoms with Gasteiger partial charge in [-0.1, -0.05) is 58.0 Å². The van der Waals surface area contributed by atoms with Crippen LogP contribution in [-0.4, -0.2) is 12.6 Å². The summed E-state index contributed by atoms with van der Waals surface area (Å²) in [6, 6.07) is 10.1.